The summed E-state index contributed by atoms with van der Waals surface area (Å²) in [5.41, 5.74) is 0.900. The molecule has 0 aliphatic carbocycles. The Kier molecular flexibility index (Phi) is 6.09. The topological polar surface area (TPSA) is 24.9 Å². The second kappa shape index (κ2) is 7.10. The predicted octanol–water partition coefficient (Wildman–Crippen LogP) is 3.79. The van der Waals surface area contributed by atoms with Crippen LogP contribution >= 0.6 is 11.8 Å². The van der Waals surface area contributed by atoms with Crippen LogP contribution in [0.15, 0.2) is 18.5 Å². The van der Waals surface area contributed by atoms with Crippen molar-refractivity contribution in [3.8, 4) is 0 Å². The maximum absolute atomic E-state index is 13.1. The number of thioether (sulfide) groups is 1. The average Bonchev–Trinajstić information content (AvgIpc) is 2.40. The molecule has 1 atom stereocenters. The molecule has 1 rings (SSSR count). The van der Waals surface area contributed by atoms with Gasteiger partial charge in [0.1, 0.15) is 5.82 Å². The van der Waals surface area contributed by atoms with E-state index in [4.69, 9.17) is 0 Å². The van der Waals surface area contributed by atoms with E-state index >= 15 is 0 Å². The van der Waals surface area contributed by atoms with E-state index in [0.717, 1.165) is 24.9 Å². The molecule has 0 aliphatic heterocycles. The average molecular weight is 270 g/mol. The molecule has 2 nitrogen and oxygen atoms in total. The van der Waals surface area contributed by atoms with Crippen molar-refractivity contribution in [2.24, 2.45) is 0 Å². The van der Waals surface area contributed by atoms with E-state index < -0.39 is 0 Å². The van der Waals surface area contributed by atoms with Crippen LogP contribution in [0.2, 0.25) is 0 Å². The summed E-state index contributed by atoms with van der Waals surface area (Å²) in [6, 6.07) is 1.67. The van der Waals surface area contributed by atoms with Crippen LogP contribution in [0.1, 0.15) is 45.2 Å². The molecule has 0 amide bonds. The van der Waals surface area contributed by atoms with Gasteiger partial charge >= 0.3 is 0 Å². The Bertz CT molecular complexity index is 358. The Morgan fingerprint density at radius 3 is 2.56 bits per heavy atom. The van der Waals surface area contributed by atoms with E-state index in [1.807, 2.05) is 18.7 Å². The van der Waals surface area contributed by atoms with Crippen molar-refractivity contribution in [1.29, 1.82) is 0 Å². The van der Waals surface area contributed by atoms with Gasteiger partial charge in [-0.25, -0.2) is 4.39 Å². The minimum atomic E-state index is -0.275. The lowest BCUT2D eigenvalue weighted by Crippen LogP contribution is -2.37. The molecule has 1 heterocycles. The number of hydrogen-bond donors (Lipinski definition) is 1. The number of hydrogen-bond acceptors (Lipinski definition) is 3. The Morgan fingerprint density at radius 1 is 1.39 bits per heavy atom. The summed E-state index contributed by atoms with van der Waals surface area (Å²) in [6.45, 7) is 7.41. The number of pyridine rings is 1. The van der Waals surface area contributed by atoms with Gasteiger partial charge < -0.3 is 5.32 Å². The van der Waals surface area contributed by atoms with Gasteiger partial charge in [-0.05, 0) is 37.7 Å². The van der Waals surface area contributed by atoms with Gasteiger partial charge in [0, 0.05) is 23.5 Å². The van der Waals surface area contributed by atoms with Crippen molar-refractivity contribution in [2.75, 3.05) is 12.8 Å². The lowest BCUT2D eigenvalue weighted by molar-refractivity contribution is 0.458. The molecule has 0 saturated heterocycles. The maximum Gasteiger partial charge on any atom is 0.141 e. The van der Waals surface area contributed by atoms with E-state index in [2.05, 4.69) is 30.4 Å². The summed E-state index contributed by atoms with van der Waals surface area (Å²) < 4.78 is 13.4. The van der Waals surface area contributed by atoms with Crippen LogP contribution in [0.4, 0.5) is 4.39 Å². The summed E-state index contributed by atoms with van der Waals surface area (Å²) >= 11 is 1.91. The molecule has 0 bridgehead atoms. The van der Waals surface area contributed by atoms with Crippen molar-refractivity contribution < 1.29 is 4.39 Å². The second-order valence-electron chi connectivity index (χ2n) is 4.63. The van der Waals surface area contributed by atoms with Crippen LogP contribution in [-0.4, -0.2) is 22.5 Å². The van der Waals surface area contributed by atoms with Crippen LogP contribution < -0.4 is 5.32 Å². The maximum atomic E-state index is 13.1. The van der Waals surface area contributed by atoms with Crippen LogP contribution in [0.3, 0.4) is 0 Å². The first-order chi connectivity index (χ1) is 8.56. The summed E-state index contributed by atoms with van der Waals surface area (Å²) in [4.78, 5) is 3.89. The molecule has 0 aromatic carbocycles. The van der Waals surface area contributed by atoms with Crippen LogP contribution in [0, 0.1) is 5.82 Å². The molecule has 0 saturated carbocycles. The summed E-state index contributed by atoms with van der Waals surface area (Å²) in [5, 5.41) is 3.49. The summed E-state index contributed by atoms with van der Waals surface area (Å²) in [7, 11) is 0. The lowest BCUT2D eigenvalue weighted by atomic mass is 10.0. The standard InChI is InChI=1S/C14H23FN2S/c1-5-14(6-2,18-4)10-17-11(3)12-7-13(15)9-16-8-12/h7-9,11,17H,5-6,10H2,1-4H3. The molecule has 1 aromatic heterocycles. The van der Waals surface area contributed by atoms with E-state index in [1.54, 1.807) is 12.3 Å². The lowest BCUT2D eigenvalue weighted by Gasteiger charge is -2.31. The fourth-order valence-corrected chi connectivity index (χ4v) is 2.79. The third-order valence-corrected chi connectivity index (χ3v) is 5.27. The molecular formula is C14H23FN2S. The van der Waals surface area contributed by atoms with Crippen LogP contribution in [0.25, 0.3) is 0 Å². The highest BCUT2D eigenvalue weighted by atomic mass is 32.2. The molecule has 1 aromatic rings. The minimum Gasteiger partial charge on any atom is -0.309 e. The van der Waals surface area contributed by atoms with Crippen molar-refractivity contribution >= 4 is 11.8 Å². The van der Waals surface area contributed by atoms with E-state index in [1.165, 1.54) is 6.20 Å². The Balaban J connectivity index is 2.62. The molecule has 102 valence electrons. The third-order valence-electron chi connectivity index (χ3n) is 3.68. The smallest absolute Gasteiger partial charge is 0.141 e. The SMILES string of the molecule is CCC(CC)(CNC(C)c1cncc(F)c1)SC. The van der Waals surface area contributed by atoms with Gasteiger partial charge in [0.2, 0.25) is 0 Å². The Labute approximate surface area is 114 Å². The molecule has 1 unspecified atom stereocenters. The summed E-state index contributed by atoms with van der Waals surface area (Å²) in [6.07, 6.45) is 7.38. The van der Waals surface area contributed by atoms with Crippen molar-refractivity contribution in [3.63, 3.8) is 0 Å². The normalized spacial score (nSPS) is 13.6. The fraction of sp³-hybridized carbons (Fsp3) is 0.643. The van der Waals surface area contributed by atoms with E-state index in [0.29, 0.717) is 0 Å². The first-order valence-electron chi connectivity index (χ1n) is 6.46. The van der Waals surface area contributed by atoms with Gasteiger partial charge in [0.05, 0.1) is 6.20 Å². The molecule has 0 spiro atoms. The van der Waals surface area contributed by atoms with Gasteiger partial charge in [-0.15, -0.1) is 0 Å². The Morgan fingerprint density at radius 2 is 2.06 bits per heavy atom. The summed E-state index contributed by atoms with van der Waals surface area (Å²) in [5.74, 6) is -0.275. The predicted molar refractivity (Wildman–Crippen MR) is 77.4 cm³/mol. The van der Waals surface area contributed by atoms with Crippen LogP contribution in [0.5, 0.6) is 0 Å². The van der Waals surface area contributed by atoms with Gasteiger partial charge in [-0.3, -0.25) is 4.98 Å². The molecule has 18 heavy (non-hydrogen) atoms. The van der Waals surface area contributed by atoms with Crippen molar-refractivity contribution in [2.45, 2.75) is 44.4 Å². The third kappa shape index (κ3) is 3.95. The first kappa shape index (κ1) is 15.4. The molecule has 0 radical (unpaired) electrons. The van der Waals surface area contributed by atoms with Gasteiger partial charge in [-0.1, -0.05) is 13.8 Å². The molecular weight excluding hydrogens is 247 g/mol. The monoisotopic (exact) mass is 270 g/mol. The second-order valence-corrected chi connectivity index (χ2v) is 5.91. The quantitative estimate of drug-likeness (QED) is 0.816. The van der Waals surface area contributed by atoms with Gasteiger partial charge in [0.25, 0.3) is 0 Å². The molecule has 0 fully saturated rings. The zero-order chi connectivity index (χ0) is 13.6. The fourth-order valence-electron chi connectivity index (χ4n) is 1.98. The van der Waals surface area contributed by atoms with E-state index in [-0.39, 0.29) is 16.6 Å². The zero-order valence-corrected chi connectivity index (χ0v) is 12.5. The highest BCUT2D eigenvalue weighted by Gasteiger charge is 2.25. The minimum absolute atomic E-state index is 0.123. The number of rotatable bonds is 7. The largest absolute Gasteiger partial charge is 0.309 e. The number of nitrogens with zero attached hydrogens (tertiary/aromatic N) is 1. The number of halogens is 1. The van der Waals surface area contributed by atoms with Gasteiger partial charge in [-0.2, -0.15) is 11.8 Å². The highest BCUT2D eigenvalue weighted by Crippen LogP contribution is 2.30. The molecule has 4 heteroatoms. The number of aromatic nitrogens is 1. The molecule has 0 aliphatic rings. The van der Waals surface area contributed by atoms with Crippen LogP contribution in [-0.2, 0) is 0 Å². The van der Waals surface area contributed by atoms with Crippen molar-refractivity contribution in [3.05, 3.63) is 29.8 Å². The van der Waals surface area contributed by atoms with E-state index in [9.17, 15) is 4.39 Å². The zero-order valence-electron chi connectivity index (χ0n) is 11.7. The Hall–Kier alpha value is -0.610. The van der Waals surface area contributed by atoms with Gasteiger partial charge in [0.15, 0.2) is 0 Å². The highest BCUT2D eigenvalue weighted by molar-refractivity contribution is 8.00. The number of nitrogens with one attached hydrogen (secondary N) is 1. The van der Waals surface area contributed by atoms with Crippen molar-refractivity contribution in [1.82, 2.24) is 10.3 Å². The molecule has 1 N–H and O–H groups in total. The first-order valence-corrected chi connectivity index (χ1v) is 7.68.